The molecule has 0 spiro atoms. The van der Waals surface area contributed by atoms with Crippen molar-refractivity contribution in [3.8, 4) is 0 Å². The van der Waals surface area contributed by atoms with Gasteiger partial charge in [-0.05, 0) is 42.7 Å². The Labute approximate surface area is 157 Å². The molecular formula is C23H29N3. The number of nitrogens with zero attached hydrogens (tertiary/aromatic N) is 2. The summed E-state index contributed by atoms with van der Waals surface area (Å²) < 4.78 is 0. The van der Waals surface area contributed by atoms with E-state index in [0.717, 1.165) is 36.5 Å². The molecule has 0 saturated heterocycles. The lowest BCUT2D eigenvalue weighted by Crippen LogP contribution is -2.31. The lowest BCUT2D eigenvalue weighted by Gasteiger charge is -2.38. The SMILES string of the molecule is C1=Cc2ncnc(NCCC3(c4ccccc4)CCCCC3)c2C=CC1.[HH]. The van der Waals surface area contributed by atoms with E-state index >= 15 is 0 Å². The fraction of sp³-hybridized carbons (Fsp3) is 0.391. The van der Waals surface area contributed by atoms with Crippen molar-refractivity contribution in [3.63, 3.8) is 0 Å². The minimum absolute atomic E-state index is 0. The topological polar surface area (TPSA) is 37.8 Å². The molecule has 0 aliphatic heterocycles. The molecule has 1 heterocycles. The molecule has 136 valence electrons. The summed E-state index contributed by atoms with van der Waals surface area (Å²) in [6, 6.07) is 11.1. The molecule has 2 aliphatic rings. The quantitative estimate of drug-likeness (QED) is 0.736. The number of allylic oxidation sites excluding steroid dienone is 2. The van der Waals surface area contributed by atoms with Crippen LogP contribution in [-0.4, -0.2) is 16.5 Å². The molecule has 3 nitrogen and oxygen atoms in total. The van der Waals surface area contributed by atoms with Crippen LogP contribution in [0.5, 0.6) is 0 Å². The second kappa shape index (κ2) is 7.86. The van der Waals surface area contributed by atoms with E-state index in [1.807, 2.05) is 0 Å². The highest BCUT2D eigenvalue weighted by Crippen LogP contribution is 2.42. The van der Waals surface area contributed by atoms with Gasteiger partial charge in [0, 0.05) is 13.5 Å². The van der Waals surface area contributed by atoms with Crippen LogP contribution >= 0.6 is 0 Å². The molecule has 3 heteroatoms. The Morgan fingerprint density at radius 1 is 0.962 bits per heavy atom. The Hall–Kier alpha value is -2.42. The van der Waals surface area contributed by atoms with E-state index in [4.69, 9.17) is 0 Å². The average molecular weight is 348 g/mol. The monoisotopic (exact) mass is 347 g/mol. The van der Waals surface area contributed by atoms with Crippen LogP contribution in [-0.2, 0) is 5.41 Å². The van der Waals surface area contributed by atoms with Gasteiger partial charge in [-0.15, -0.1) is 0 Å². The molecule has 26 heavy (non-hydrogen) atoms. The zero-order valence-electron chi connectivity index (χ0n) is 15.3. The summed E-state index contributed by atoms with van der Waals surface area (Å²) >= 11 is 0. The lowest BCUT2D eigenvalue weighted by molar-refractivity contribution is 0.280. The summed E-state index contributed by atoms with van der Waals surface area (Å²) in [5.74, 6) is 0.955. The van der Waals surface area contributed by atoms with E-state index in [1.54, 1.807) is 6.33 Å². The maximum absolute atomic E-state index is 4.50. The third kappa shape index (κ3) is 3.57. The maximum atomic E-state index is 4.50. The number of fused-ring (bicyclic) bond motifs is 1. The highest BCUT2D eigenvalue weighted by Gasteiger charge is 2.33. The van der Waals surface area contributed by atoms with Crippen LogP contribution in [0.1, 0.15) is 63.2 Å². The molecule has 2 aromatic rings. The smallest absolute Gasteiger partial charge is 0.137 e. The van der Waals surface area contributed by atoms with Gasteiger partial charge in [-0.3, -0.25) is 0 Å². The summed E-state index contributed by atoms with van der Waals surface area (Å²) in [6.45, 7) is 0.940. The second-order valence-electron chi connectivity index (χ2n) is 7.45. The largest absolute Gasteiger partial charge is 0.369 e. The van der Waals surface area contributed by atoms with Gasteiger partial charge in [0.15, 0.2) is 0 Å². The first kappa shape index (κ1) is 17.0. The number of benzene rings is 1. The van der Waals surface area contributed by atoms with Crippen LogP contribution in [0.15, 0.2) is 48.8 Å². The fourth-order valence-corrected chi connectivity index (χ4v) is 4.41. The first-order valence-electron chi connectivity index (χ1n) is 9.85. The molecule has 0 amide bonds. The normalized spacial score (nSPS) is 18.2. The number of hydrogen-bond acceptors (Lipinski definition) is 3. The maximum Gasteiger partial charge on any atom is 0.137 e. The number of anilines is 1. The summed E-state index contributed by atoms with van der Waals surface area (Å²) in [6.07, 6.45) is 19.0. The van der Waals surface area contributed by atoms with E-state index in [0.29, 0.717) is 5.41 Å². The van der Waals surface area contributed by atoms with Crippen molar-refractivity contribution in [1.29, 1.82) is 0 Å². The van der Waals surface area contributed by atoms with Gasteiger partial charge in [0.1, 0.15) is 12.1 Å². The van der Waals surface area contributed by atoms with Crippen molar-refractivity contribution >= 4 is 18.0 Å². The van der Waals surface area contributed by atoms with E-state index < -0.39 is 0 Å². The Bertz CT molecular complexity index is 793. The fourth-order valence-electron chi connectivity index (χ4n) is 4.41. The van der Waals surface area contributed by atoms with E-state index in [9.17, 15) is 0 Å². The van der Waals surface area contributed by atoms with Gasteiger partial charge in [0.25, 0.3) is 0 Å². The average Bonchev–Trinajstić information content (AvgIpc) is 2.96. The molecule has 0 bridgehead atoms. The Balaban J connectivity index is 0.00000210. The first-order chi connectivity index (χ1) is 12.9. The molecule has 1 fully saturated rings. The van der Waals surface area contributed by atoms with Gasteiger partial charge in [0.2, 0.25) is 0 Å². The molecule has 0 radical (unpaired) electrons. The zero-order valence-corrected chi connectivity index (χ0v) is 15.3. The molecule has 1 saturated carbocycles. The molecule has 0 unspecified atom stereocenters. The van der Waals surface area contributed by atoms with Crippen molar-refractivity contribution in [2.75, 3.05) is 11.9 Å². The van der Waals surface area contributed by atoms with Crippen molar-refractivity contribution in [3.05, 3.63) is 65.6 Å². The van der Waals surface area contributed by atoms with Crippen LogP contribution < -0.4 is 5.32 Å². The third-order valence-corrected chi connectivity index (χ3v) is 5.84. The Kier molecular flexibility index (Phi) is 5.14. The van der Waals surface area contributed by atoms with E-state index in [2.05, 4.69) is 69.9 Å². The van der Waals surface area contributed by atoms with Gasteiger partial charge >= 0.3 is 0 Å². The van der Waals surface area contributed by atoms with Gasteiger partial charge < -0.3 is 5.32 Å². The van der Waals surface area contributed by atoms with Crippen LogP contribution in [0.2, 0.25) is 0 Å². The van der Waals surface area contributed by atoms with Gasteiger partial charge in [-0.1, -0.05) is 67.8 Å². The summed E-state index contributed by atoms with van der Waals surface area (Å²) in [4.78, 5) is 8.91. The number of aromatic nitrogens is 2. The van der Waals surface area contributed by atoms with Crippen molar-refractivity contribution in [2.45, 2.75) is 50.4 Å². The predicted molar refractivity (Wildman–Crippen MR) is 111 cm³/mol. The molecule has 4 rings (SSSR count). The number of hydrogen-bond donors (Lipinski definition) is 1. The van der Waals surface area contributed by atoms with Crippen LogP contribution in [0.4, 0.5) is 5.82 Å². The van der Waals surface area contributed by atoms with Crippen LogP contribution in [0.25, 0.3) is 12.2 Å². The third-order valence-electron chi connectivity index (χ3n) is 5.84. The minimum atomic E-state index is 0. The number of nitrogens with one attached hydrogen (secondary N) is 1. The summed E-state index contributed by atoms with van der Waals surface area (Å²) in [5, 5.41) is 3.61. The molecular weight excluding hydrogens is 318 g/mol. The molecule has 1 N–H and O–H groups in total. The molecule has 0 atom stereocenters. The molecule has 1 aromatic carbocycles. The summed E-state index contributed by atoms with van der Waals surface area (Å²) in [7, 11) is 0. The molecule has 2 aliphatic carbocycles. The highest BCUT2D eigenvalue weighted by molar-refractivity contribution is 5.72. The second-order valence-corrected chi connectivity index (χ2v) is 7.45. The Morgan fingerprint density at radius 3 is 2.62 bits per heavy atom. The van der Waals surface area contributed by atoms with Crippen LogP contribution in [0, 0.1) is 0 Å². The Morgan fingerprint density at radius 2 is 1.77 bits per heavy atom. The standard InChI is InChI=1S/C23H27N3.H2/c1-4-10-19(11-5-1)23(14-8-3-9-15-23)16-17-24-22-20-12-6-2-7-13-21(20)25-18-26-22;/h1,4-7,10-13,18H,2-3,8-9,14-17H2,(H,24,25,26);1H. The van der Waals surface area contributed by atoms with E-state index in [1.165, 1.54) is 37.7 Å². The van der Waals surface area contributed by atoms with Crippen molar-refractivity contribution < 1.29 is 1.43 Å². The first-order valence-corrected chi connectivity index (χ1v) is 9.85. The van der Waals surface area contributed by atoms with Gasteiger partial charge in [0.05, 0.1) is 5.69 Å². The minimum Gasteiger partial charge on any atom is -0.369 e. The molecule has 1 aromatic heterocycles. The number of rotatable bonds is 5. The van der Waals surface area contributed by atoms with Crippen molar-refractivity contribution in [2.24, 2.45) is 0 Å². The van der Waals surface area contributed by atoms with Gasteiger partial charge in [-0.25, -0.2) is 9.97 Å². The highest BCUT2D eigenvalue weighted by atomic mass is 15.0. The zero-order chi connectivity index (χ0) is 17.7. The summed E-state index contributed by atoms with van der Waals surface area (Å²) in [5.41, 5.74) is 3.93. The van der Waals surface area contributed by atoms with E-state index in [-0.39, 0.29) is 1.43 Å². The lowest BCUT2D eigenvalue weighted by atomic mass is 9.67. The van der Waals surface area contributed by atoms with Crippen LogP contribution in [0.3, 0.4) is 0 Å². The van der Waals surface area contributed by atoms with Crippen molar-refractivity contribution in [1.82, 2.24) is 9.97 Å². The predicted octanol–water partition coefficient (Wildman–Crippen LogP) is 5.86. The van der Waals surface area contributed by atoms with Gasteiger partial charge in [-0.2, -0.15) is 0 Å².